The minimum absolute atomic E-state index is 0.317. The maximum absolute atomic E-state index is 12.4. The Morgan fingerprint density at radius 1 is 1.33 bits per heavy atom. The van der Waals surface area contributed by atoms with E-state index in [0.29, 0.717) is 24.2 Å². The van der Waals surface area contributed by atoms with Crippen molar-refractivity contribution in [3.63, 3.8) is 0 Å². The SMILES string of the molecule is C=CCC(CC/C=N/O)S(=O)(=O)c1ccccc1. The van der Waals surface area contributed by atoms with Gasteiger partial charge in [-0.1, -0.05) is 24.3 Å². The Hall–Kier alpha value is -1.62. The van der Waals surface area contributed by atoms with Crippen molar-refractivity contribution in [2.45, 2.75) is 29.4 Å². The van der Waals surface area contributed by atoms with Gasteiger partial charge in [0, 0.05) is 6.21 Å². The lowest BCUT2D eigenvalue weighted by molar-refractivity contribution is 0.320. The monoisotopic (exact) mass is 267 g/mol. The van der Waals surface area contributed by atoms with Gasteiger partial charge in [0.25, 0.3) is 0 Å². The number of benzene rings is 1. The summed E-state index contributed by atoms with van der Waals surface area (Å²) < 4.78 is 24.7. The van der Waals surface area contributed by atoms with E-state index < -0.39 is 15.1 Å². The summed E-state index contributed by atoms with van der Waals surface area (Å²) in [5.74, 6) is 0. The first kappa shape index (κ1) is 14.4. The number of rotatable bonds is 7. The minimum atomic E-state index is -3.36. The first-order valence-corrected chi connectivity index (χ1v) is 7.23. The molecule has 1 rings (SSSR count). The molecular formula is C13H17NO3S. The molecule has 18 heavy (non-hydrogen) atoms. The van der Waals surface area contributed by atoms with Crippen LogP contribution >= 0.6 is 0 Å². The molecule has 4 nitrogen and oxygen atoms in total. The van der Waals surface area contributed by atoms with Crippen molar-refractivity contribution in [2.75, 3.05) is 0 Å². The Labute approximate surface area is 108 Å². The summed E-state index contributed by atoms with van der Waals surface area (Å²) in [4.78, 5) is 0.317. The van der Waals surface area contributed by atoms with Crippen molar-refractivity contribution in [3.05, 3.63) is 43.0 Å². The van der Waals surface area contributed by atoms with E-state index in [2.05, 4.69) is 11.7 Å². The first-order chi connectivity index (χ1) is 8.62. The predicted molar refractivity (Wildman–Crippen MR) is 71.7 cm³/mol. The van der Waals surface area contributed by atoms with Gasteiger partial charge in [-0.3, -0.25) is 0 Å². The van der Waals surface area contributed by atoms with Crippen LogP contribution in [0, 0.1) is 0 Å². The smallest absolute Gasteiger partial charge is 0.181 e. The molecule has 0 saturated heterocycles. The van der Waals surface area contributed by atoms with Crippen molar-refractivity contribution < 1.29 is 13.6 Å². The van der Waals surface area contributed by atoms with Gasteiger partial charge in [-0.05, 0) is 31.4 Å². The van der Waals surface area contributed by atoms with E-state index in [1.807, 2.05) is 0 Å². The summed E-state index contributed by atoms with van der Waals surface area (Å²) in [6, 6.07) is 8.36. The molecule has 0 spiro atoms. The molecule has 0 bridgehead atoms. The maximum Gasteiger partial charge on any atom is 0.181 e. The van der Waals surface area contributed by atoms with Crippen LogP contribution in [0.3, 0.4) is 0 Å². The standard InChI is InChI=1S/C13H17NO3S/c1-2-7-12(10-6-11-14-15)18(16,17)13-8-4-3-5-9-13/h2-5,8-9,11-12,15H,1,6-7,10H2/b14-11+. The topological polar surface area (TPSA) is 66.7 Å². The zero-order valence-corrected chi connectivity index (χ0v) is 10.9. The maximum atomic E-state index is 12.4. The van der Waals surface area contributed by atoms with Gasteiger partial charge in [-0.15, -0.1) is 11.7 Å². The van der Waals surface area contributed by atoms with Gasteiger partial charge in [0.2, 0.25) is 0 Å². The second-order valence-electron chi connectivity index (χ2n) is 3.88. The van der Waals surface area contributed by atoms with Gasteiger partial charge < -0.3 is 5.21 Å². The number of nitrogens with zero attached hydrogens (tertiary/aromatic N) is 1. The van der Waals surface area contributed by atoms with Gasteiger partial charge in [0.1, 0.15) is 0 Å². The summed E-state index contributed by atoms with van der Waals surface area (Å²) in [6.07, 6.45) is 4.11. The molecule has 5 heteroatoms. The molecule has 1 N–H and O–H groups in total. The van der Waals surface area contributed by atoms with E-state index in [4.69, 9.17) is 5.21 Å². The molecule has 0 aliphatic carbocycles. The Morgan fingerprint density at radius 3 is 2.56 bits per heavy atom. The minimum Gasteiger partial charge on any atom is -0.411 e. The summed E-state index contributed by atoms with van der Waals surface area (Å²) in [5.41, 5.74) is 0. The van der Waals surface area contributed by atoms with Crippen molar-refractivity contribution in [1.82, 2.24) is 0 Å². The van der Waals surface area contributed by atoms with Crippen molar-refractivity contribution in [1.29, 1.82) is 0 Å². The number of oxime groups is 1. The lowest BCUT2D eigenvalue weighted by atomic mass is 10.2. The van der Waals surface area contributed by atoms with Gasteiger partial charge in [-0.25, -0.2) is 8.42 Å². The molecule has 1 atom stereocenters. The highest BCUT2D eigenvalue weighted by molar-refractivity contribution is 7.92. The third-order valence-electron chi connectivity index (χ3n) is 2.64. The lowest BCUT2D eigenvalue weighted by Crippen LogP contribution is -2.21. The first-order valence-electron chi connectivity index (χ1n) is 5.68. The molecule has 0 saturated carbocycles. The molecule has 0 aliphatic rings. The zero-order valence-electron chi connectivity index (χ0n) is 10.1. The Balaban J connectivity index is 2.93. The van der Waals surface area contributed by atoms with Gasteiger partial charge in [0.05, 0.1) is 10.1 Å². The molecule has 0 aliphatic heterocycles. The number of sulfone groups is 1. The average Bonchev–Trinajstić information content (AvgIpc) is 2.39. The van der Waals surface area contributed by atoms with E-state index in [-0.39, 0.29) is 0 Å². The molecule has 0 fully saturated rings. The van der Waals surface area contributed by atoms with E-state index in [1.54, 1.807) is 36.4 Å². The fourth-order valence-corrected chi connectivity index (χ4v) is 3.46. The molecule has 0 radical (unpaired) electrons. The highest BCUT2D eigenvalue weighted by Gasteiger charge is 2.25. The van der Waals surface area contributed by atoms with Crippen LogP contribution < -0.4 is 0 Å². The summed E-state index contributed by atoms with van der Waals surface area (Å²) >= 11 is 0. The Bertz CT molecular complexity index is 494. The fourth-order valence-electron chi connectivity index (χ4n) is 1.71. The van der Waals surface area contributed by atoms with Gasteiger partial charge in [-0.2, -0.15) is 0 Å². The van der Waals surface area contributed by atoms with Crippen molar-refractivity contribution in [3.8, 4) is 0 Å². The molecule has 0 amide bonds. The second kappa shape index (κ2) is 6.96. The summed E-state index contributed by atoms with van der Waals surface area (Å²) in [7, 11) is -3.36. The quantitative estimate of drug-likeness (QED) is 0.357. The molecule has 98 valence electrons. The van der Waals surface area contributed by atoms with E-state index in [1.165, 1.54) is 6.21 Å². The predicted octanol–water partition coefficient (Wildman–Crippen LogP) is 2.65. The largest absolute Gasteiger partial charge is 0.411 e. The average molecular weight is 267 g/mol. The van der Waals surface area contributed by atoms with Gasteiger partial charge >= 0.3 is 0 Å². The van der Waals surface area contributed by atoms with Crippen LogP contribution in [0.4, 0.5) is 0 Å². The lowest BCUT2D eigenvalue weighted by Gasteiger charge is -2.15. The van der Waals surface area contributed by atoms with E-state index in [0.717, 1.165) is 0 Å². The Morgan fingerprint density at radius 2 is 2.00 bits per heavy atom. The van der Waals surface area contributed by atoms with E-state index >= 15 is 0 Å². The van der Waals surface area contributed by atoms with E-state index in [9.17, 15) is 8.42 Å². The summed E-state index contributed by atoms with van der Waals surface area (Å²) in [6.45, 7) is 3.59. The number of hydrogen-bond donors (Lipinski definition) is 1. The second-order valence-corrected chi connectivity index (χ2v) is 6.11. The zero-order chi connectivity index (χ0) is 13.4. The molecule has 0 heterocycles. The van der Waals surface area contributed by atoms with Crippen LogP contribution in [0.5, 0.6) is 0 Å². The molecule has 1 aromatic carbocycles. The third kappa shape index (κ3) is 3.70. The molecule has 1 aromatic rings. The van der Waals surface area contributed by atoms with Crippen molar-refractivity contribution in [2.24, 2.45) is 5.16 Å². The van der Waals surface area contributed by atoms with Crippen LogP contribution in [0.25, 0.3) is 0 Å². The third-order valence-corrected chi connectivity index (χ3v) is 4.87. The van der Waals surface area contributed by atoms with Crippen LogP contribution in [-0.2, 0) is 9.84 Å². The van der Waals surface area contributed by atoms with Crippen LogP contribution in [0.2, 0.25) is 0 Å². The van der Waals surface area contributed by atoms with Gasteiger partial charge in [0.15, 0.2) is 9.84 Å². The summed E-state index contributed by atoms with van der Waals surface area (Å²) in [5, 5.41) is 10.7. The fraction of sp³-hybridized carbons (Fsp3) is 0.308. The van der Waals surface area contributed by atoms with Crippen LogP contribution in [0.15, 0.2) is 53.0 Å². The van der Waals surface area contributed by atoms with Crippen molar-refractivity contribution >= 4 is 16.1 Å². The normalized spacial score (nSPS) is 13.6. The molecular weight excluding hydrogens is 250 g/mol. The molecule has 1 unspecified atom stereocenters. The number of allylic oxidation sites excluding steroid dienone is 1. The highest BCUT2D eigenvalue weighted by Crippen LogP contribution is 2.21. The Kier molecular flexibility index (Phi) is 5.58. The highest BCUT2D eigenvalue weighted by atomic mass is 32.2. The van der Waals surface area contributed by atoms with Crippen LogP contribution in [-0.4, -0.2) is 25.1 Å². The molecule has 0 aromatic heterocycles. The van der Waals surface area contributed by atoms with Crippen LogP contribution in [0.1, 0.15) is 19.3 Å². The number of hydrogen-bond acceptors (Lipinski definition) is 4.